The number of hydrogen-bond donors (Lipinski definition) is 4. The molecule has 82 valence electrons. The summed E-state index contributed by atoms with van der Waals surface area (Å²) in [6, 6.07) is -1.54. The summed E-state index contributed by atoms with van der Waals surface area (Å²) in [5, 5.41) is 5.11. The zero-order chi connectivity index (χ0) is 11.1. The van der Waals surface area contributed by atoms with Gasteiger partial charge >= 0.3 is 12.1 Å². The molecule has 6 heteroatoms. The lowest BCUT2D eigenvalue weighted by molar-refractivity contribution is 0.231. The Morgan fingerprint density at radius 2 is 1.29 bits per heavy atom. The van der Waals surface area contributed by atoms with Gasteiger partial charge in [-0.05, 0) is 12.8 Å². The monoisotopic (exact) mass is 202 g/mol. The van der Waals surface area contributed by atoms with E-state index in [9.17, 15) is 9.59 Å². The van der Waals surface area contributed by atoms with Gasteiger partial charge < -0.3 is 22.1 Å². The molecule has 0 saturated carbocycles. The predicted octanol–water partition coefficient (Wildman–Crippen LogP) is -0.120. The van der Waals surface area contributed by atoms with Crippen LogP contribution in [0.5, 0.6) is 0 Å². The summed E-state index contributed by atoms with van der Waals surface area (Å²) in [5.74, 6) is 0. The van der Waals surface area contributed by atoms with Crippen LogP contribution in [0.4, 0.5) is 9.59 Å². The second kappa shape index (κ2) is 6.06. The van der Waals surface area contributed by atoms with E-state index in [0.29, 0.717) is 12.8 Å². The fraction of sp³-hybridized carbons (Fsp3) is 0.750. The summed E-state index contributed by atoms with van der Waals surface area (Å²) < 4.78 is 0. The number of nitrogens with two attached hydrogens (primary N) is 2. The molecule has 0 aromatic rings. The maximum Gasteiger partial charge on any atom is 0.312 e. The molecule has 0 heterocycles. The molecular weight excluding hydrogens is 184 g/mol. The van der Waals surface area contributed by atoms with Gasteiger partial charge in [-0.1, -0.05) is 13.8 Å². The quantitative estimate of drug-likeness (QED) is 0.498. The van der Waals surface area contributed by atoms with Gasteiger partial charge in [-0.3, -0.25) is 0 Å². The largest absolute Gasteiger partial charge is 0.352 e. The van der Waals surface area contributed by atoms with Crippen molar-refractivity contribution in [3.8, 4) is 0 Å². The van der Waals surface area contributed by atoms with E-state index in [1.54, 1.807) is 0 Å². The minimum Gasteiger partial charge on any atom is -0.352 e. The Morgan fingerprint density at radius 1 is 1.00 bits per heavy atom. The van der Waals surface area contributed by atoms with Gasteiger partial charge in [0.15, 0.2) is 0 Å². The first-order valence-corrected chi connectivity index (χ1v) is 4.63. The fourth-order valence-electron chi connectivity index (χ4n) is 1.34. The molecule has 2 atom stereocenters. The normalized spacial score (nSPS) is 14.1. The zero-order valence-corrected chi connectivity index (χ0v) is 8.54. The molecule has 0 fully saturated rings. The van der Waals surface area contributed by atoms with E-state index in [4.69, 9.17) is 11.5 Å². The van der Waals surface area contributed by atoms with Crippen LogP contribution >= 0.6 is 0 Å². The van der Waals surface area contributed by atoms with Crippen molar-refractivity contribution in [2.24, 2.45) is 11.5 Å². The molecule has 2 unspecified atom stereocenters. The summed E-state index contributed by atoms with van der Waals surface area (Å²) in [6.07, 6.45) is 1.36. The third-order valence-electron chi connectivity index (χ3n) is 2.02. The SMILES string of the molecule is CCC(NC(N)=O)C(CC)NC(N)=O. The van der Waals surface area contributed by atoms with E-state index in [0.717, 1.165) is 0 Å². The highest BCUT2D eigenvalue weighted by molar-refractivity contribution is 5.73. The van der Waals surface area contributed by atoms with Crippen molar-refractivity contribution in [2.45, 2.75) is 38.8 Å². The average molecular weight is 202 g/mol. The standard InChI is InChI=1S/C8H18N4O2/c1-3-5(11-7(9)13)6(4-2)12-8(10)14/h5-6H,3-4H2,1-2H3,(H3,9,11,13)(H3,10,12,14). The molecule has 6 nitrogen and oxygen atoms in total. The maximum atomic E-state index is 10.6. The molecule has 0 saturated heterocycles. The molecule has 14 heavy (non-hydrogen) atoms. The molecule has 0 radical (unpaired) electrons. The predicted molar refractivity (Wildman–Crippen MR) is 53.6 cm³/mol. The van der Waals surface area contributed by atoms with Crippen molar-refractivity contribution in [3.05, 3.63) is 0 Å². The highest BCUT2D eigenvalue weighted by atomic mass is 16.2. The lowest BCUT2D eigenvalue weighted by Crippen LogP contribution is -2.53. The number of primary amides is 2. The Morgan fingerprint density at radius 3 is 1.43 bits per heavy atom. The van der Waals surface area contributed by atoms with Gasteiger partial charge in [-0.15, -0.1) is 0 Å². The smallest absolute Gasteiger partial charge is 0.312 e. The molecule has 4 amide bonds. The molecule has 0 bridgehead atoms. The Labute approximate surface area is 83.4 Å². The molecule has 0 aromatic heterocycles. The van der Waals surface area contributed by atoms with Gasteiger partial charge in [-0.25, -0.2) is 9.59 Å². The molecule has 0 spiro atoms. The van der Waals surface area contributed by atoms with Crippen LogP contribution in [0.1, 0.15) is 26.7 Å². The second-order valence-corrected chi connectivity index (χ2v) is 3.05. The first-order chi connectivity index (χ1) is 6.51. The maximum absolute atomic E-state index is 10.6. The summed E-state index contributed by atoms with van der Waals surface area (Å²) in [6.45, 7) is 3.79. The van der Waals surface area contributed by atoms with Crippen LogP contribution in [0, 0.1) is 0 Å². The fourth-order valence-corrected chi connectivity index (χ4v) is 1.34. The summed E-state index contributed by atoms with van der Waals surface area (Å²) in [7, 11) is 0. The van der Waals surface area contributed by atoms with Gasteiger partial charge in [0.1, 0.15) is 0 Å². The third kappa shape index (κ3) is 4.54. The van der Waals surface area contributed by atoms with E-state index in [2.05, 4.69) is 10.6 Å². The molecule has 0 aliphatic rings. The summed E-state index contributed by atoms with van der Waals surface area (Å²) in [4.78, 5) is 21.3. The lowest BCUT2D eigenvalue weighted by Gasteiger charge is -2.25. The Hall–Kier alpha value is -1.46. The van der Waals surface area contributed by atoms with E-state index < -0.39 is 12.1 Å². The first-order valence-electron chi connectivity index (χ1n) is 4.63. The first kappa shape index (κ1) is 12.5. The average Bonchev–Trinajstić information content (AvgIpc) is 2.10. The van der Waals surface area contributed by atoms with Crippen molar-refractivity contribution < 1.29 is 9.59 Å². The van der Waals surface area contributed by atoms with Crippen molar-refractivity contribution in [2.75, 3.05) is 0 Å². The van der Waals surface area contributed by atoms with Crippen LogP contribution in [-0.4, -0.2) is 24.1 Å². The van der Waals surface area contributed by atoms with Gasteiger partial charge in [0.2, 0.25) is 0 Å². The summed E-state index contributed by atoms with van der Waals surface area (Å²) in [5.41, 5.74) is 10.00. The highest BCUT2D eigenvalue weighted by Gasteiger charge is 2.20. The number of nitrogens with one attached hydrogen (secondary N) is 2. The van der Waals surface area contributed by atoms with E-state index in [1.807, 2.05) is 13.8 Å². The van der Waals surface area contributed by atoms with Crippen molar-refractivity contribution in [1.29, 1.82) is 0 Å². The number of rotatable bonds is 5. The van der Waals surface area contributed by atoms with Crippen molar-refractivity contribution in [1.82, 2.24) is 10.6 Å². The molecule has 0 aromatic carbocycles. The summed E-state index contributed by atoms with van der Waals surface area (Å²) >= 11 is 0. The van der Waals surface area contributed by atoms with E-state index >= 15 is 0 Å². The third-order valence-corrected chi connectivity index (χ3v) is 2.02. The van der Waals surface area contributed by atoms with Crippen LogP contribution in [0.15, 0.2) is 0 Å². The molecule has 0 aliphatic heterocycles. The van der Waals surface area contributed by atoms with Crippen LogP contribution in [0.3, 0.4) is 0 Å². The van der Waals surface area contributed by atoms with Crippen LogP contribution < -0.4 is 22.1 Å². The van der Waals surface area contributed by atoms with Gasteiger partial charge in [0.25, 0.3) is 0 Å². The van der Waals surface area contributed by atoms with Crippen LogP contribution in [-0.2, 0) is 0 Å². The number of amides is 4. The molecule has 0 rings (SSSR count). The van der Waals surface area contributed by atoms with Gasteiger partial charge in [0.05, 0.1) is 12.1 Å². The Bertz CT molecular complexity index is 186. The van der Waals surface area contributed by atoms with Crippen LogP contribution in [0.2, 0.25) is 0 Å². The van der Waals surface area contributed by atoms with E-state index in [-0.39, 0.29) is 12.1 Å². The minimum absolute atomic E-state index is 0.176. The second-order valence-electron chi connectivity index (χ2n) is 3.05. The van der Waals surface area contributed by atoms with Gasteiger partial charge in [0, 0.05) is 0 Å². The molecule has 0 aliphatic carbocycles. The van der Waals surface area contributed by atoms with Gasteiger partial charge in [-0.2, -0.15) is 0 Å². The minimum atomic E-state index is -0.596. The van der Waals surface area contributed by atoms with Crippen LogP contribution in [0.25, 0.3) is 0 Å². The van der Waals surface area contributed by atoms with E-state index in [1.165, 1.54) is 0 Å². The molecular formula is C8H18N4O2. The topological polar surface area (TPSA) is 110 Å². The lowest BCUT2D eigenvalue weighted by atomic mass is 10.0. The Balaban J connectivity index is 4.28. The number of carbonyl (C=O) groups is 2. The van der Waals surface area contributed by atoms with Crippen molar-refractivity contribution >= 4 is 12.1 Å². The Kier molecular flexibility index (Phi) is 5.43. The zero-order valence-electron chi connectivity index (χ0n) is 8.54. The number of urea groups is 2. The highest BCUT2D eigenvalue weighted by Crippen LogP contribution is 2.02. The number of carbonyl (C=O) groups excluding carboxylic acids is 2. The van der Waals surface area contributed by atoms with Crippen molar-refractivity contribution in [3.63, 3.8) is 0 Å². The molecule has 6 N–H and O–H groups in total. The number of hydrogen-bond acceptors (Lipinski definition) is 2.